The predicted octanol–water partition coefficient (Wildman–Crippen LogP) is 5.75. The Morgan fingerprint density at radius 2 is 1.88 bits per heavy atom. The van der Waals surface area contributed by atoms with Gasteiger partial charge in [-0.15, -0.1) is 0 Å². The minimum Gasteiger partial charge on any atom is -0.494 e. The summed E-state index contributed by atoms with van der Waals surface area (Å²) in [6.07, 6.45) is 7.49. The van der Waals surface area contributed by atoms with Gasteiger partial charge in [-0.2, -0.15) is 0 Å². The molecule has 2 aromatic rings. The van der Waals surface area contributed by atoms with Gasteiger partial charge in [0.25, 0.3) is 5.91 Å². The van der Waals surface area contributed by atoms with E-state index in [9.17, 15) is 4.79 Å². The Kier molecular flexibility index (Phi) is 6.08. The molecule has 166 valence electrons. The fourth-order valence-corrected chi connectivity index (χ4v) is 5.33. The molecule has 0 bridgehead atoms. The van der Waals surface area contributed by atoms with E-state index in [0.717, 1.165) is 53.6 Å². The average molecular weight is 451 g/mol. The van der Waals surface area contributed by atoms with Crippen LogP contribution in [0, 0.1) is 0 Å². The van der Waals surface area contributed by atoms with E-state index in [1.807, 2.05) is 60.4 Å². The molecule has 0 atom stereocenters. The number of benzene rings is 2. The van der Waals surface area contributed by atoms with E-state index in [1.54, 1.807) is 0 Å². The van der Waals surface area contributed by atoms with E-state index in [0.29, 0.717) is 17.3 Å². The third kappa shape index (κ3) is 4.35. The van der Waals surface area contributed by atoms with Crippen molar-refractivity contribution in [2.45, 2.75) is 45.1 Å². The van der Waals surface area contributed by atoms with Crippen molar-refractivity contribution in [3.05, 3.63) is 52.9 Å². The first kappa shape index (κ1) is 20.9. The van der Waals surface area contributed by atoms with Gasteiger partial charge < -0.3 is 14.2 Å². The maximum absolute atomic E-state index is 13.5. The van der Waals surface area contributed by atoms with E-state index >= 15 is 0 Å². The first-order chi connectivity index (χ1) is 15.7. The van der Waals surface area contributed by atoms with Crippen molar-refractivity contribution in [2.75, 3.05) is 13.4 Å². The van der Waals surface area contributed by atoms with Crippen LogP contribution in [0.15, 0.2) is 52.4 Å². The zero-order chi connectivity index (χ0) is 21.9. The molecule has 1 amide bonds. The van der Waals surface area contributed by atoms with E-state index in [1.165, 1.54) is 18.2 Å². The molecule has 2 heterocycles. The van der Waals surface area contributed by atoms with Gasteiger partial charge in [0.2, 0.25) is 6.79 Å². The fourth-order valence-electron chi connectivity index (χ4n) is 4.27. The third-order valence-corrected chi connectivity index (χ3v) is 6.83. The summed E-state index contributed by atoms with van der Waals surface area (Å²) in [5.74, 6) is 2.30. The maximum atomic E-state index is 13.5. The molecule has 0 aromatic heterocycles. The quantitative estimate of drug-likeness (QED) is 0.543. The van der Waals surface area contributed by atoms with Gasteiger partial charge >= 0.3 is 0 Å². The number of rotatable bonds is 5. The second-order valence-corrected chi connectivity index (χ2v) is 9.02. The minimum absolute atomic E-state index is 0.0317. The number of amides is 1. The Morgan fingerprint density at radius 3 is 2.66 bits per heavy atom. The molecule has 5 rings (SSSR count). The Hall–Kier alpha value is -2.93. The molecule has 7 heteroatoms. The molecule has 6 nitrogen and oxygen atoms in total. The van der Waals surface area contributed by atoms with Crippen molar-refractivity contribution >= 4 is 34.6 Å². The van der Waals surface area contributed by atoms with Crippen molar-refractivity contribution in [3.63, 3.8) is 0 Å². The molecule has 2 aromatic carbocycles. The van der Waals surface area contributed by atoms with Crippen LogP contribution in [0.1, 0.15) is 44.6 Å². The van der Waals surface area contributed by atoms with Gasteiger partial charge in [0.05, 0.1) is 17.2 Å². The highest BCUT2D eigenvalue weighted by molar-refractivity contribution is 8.18. The normalized spacial score (nSPS) is 21.0. The predicted molar refractivity (Wildman–Crippen MR) is 127 cm³/mol. The highest BCUT2D eigenvalue weighted by atomic mass is 32.2. The number of ether oxygens (including phenoxy) is 3. The van der Waals surface area contributed by atoms with Gasteiger partial charge in [-0.05, 0) is 79.6 Å². The Labute approximate surface area is 192 Å². The fraction of sp³-hybridized carbons (Fsp3) is 0.360. The molecule has 0 spiro atoms. The van der Waals surface area contributed by atoms with Gasteiger partial charge in [0, 0.05) is 6.04 Å². The first-order valence-electron chi connectivity index (χ1n) is 11.2. The number of aliphatic imine (C=N–C) groups is 1. The molecule has 0 radical (unpaired) electrons. The van der Waals surface area contributed by atoms with E-state index in [4.69, 9.17) is 19.2 Å². The molecule has 1 saturated carbocycles. The number of carbonyl (C=O) groups is 1. The van der Waals surface area contributed by atoms with Gasteiger partial charge in [0.15, 0.2) is 16.7 Å². The number of thioether (sulfide) groups is 1. The SMILES string of the molecule is CCOc1ccc(N=C2S/C(=C/c3ccc4c(c3)OCO4)C(=O)N2C2CCCCC2)cc1. The van der Waals surface area contributed by atoms with Crippen LogP contribution in [0.4, 0.5) is 5.69 Å². The van der Waals surface area contributed by atoms with Crippen molar-refractivity contribution < 1.29 is 19.0 Å². The van der Waals surface area contributed by atoms with Crippen molar-refractivity contribution in [1.29, 1.82) is 0 Å². The van der Waals surface area contributed by atoms with Crippen LogP contribution >= 0.6 is 11.8 Å². The van der Waals surface area contributed by atoms with Crippen molar-refractivity contribution in [1.82, 2.24) is 4.90 Å². The molecular formula is C25H26N2O4S. The molecule has 1 aliphatic carbocycles. The van der Waals surface area contributed by atoms with Crippen LogP contribution in [0.2, 0.25) is 0 Å². The second-order valence-electron chi connectivity index (χ2n) is 8.01. The van der Waals surface area contributed by atoms with Gasteiger partial charge in [-0.25, -0.2) is 4.99 Å². The molecule has 0 N–H and O–H groups in total. The van der Waals surface area contributed by atoms with Crippen LogP contribution in [0.25, 0.3) is 6.08 Å². The maximum Gasteiger partial charge on any atom is 0.267 e. The van der Waals surface area contributed by atoms with E-state index in [-0.39, 0.29) is 18.7 Å². The summed E-state index contributed by atoms with van der Waals surface area (Å²) in [4.78, 5) is 20.9. The second kappa shape index (κ2) is 9.28. The van der Waals surface area contributed by atoms with E-state index < -0.39 is 0 Å². The molecule has 32 heavy (non-hydrogen) atoms. The standard InChI is InChI=1S/C25H26N2O4S/c1-2-29-20-11-9-18(10-12-20)26-25-27(19-6-4-3-5-7-19)24(28)23(32-25)15-17-8-13-21-22(14-17)31-16-30-21/h8-15,19H,2-7,16H2,1H3/b23-15+,26-25?. The zero-order valence-electron chi connectivity index (χ0n) is 18.1. The molecule has 3 aliphatic rings. The zero-order valence-corrected chi connectivity index (χ0v) is 18.9. The lowest BCUT2D eigenvalue weighted by Gasteiger charge is -2.30. The average Bonchev–Trinajstić information content (AvgIpc) is 3.40. The lowest BCUT2D eigenvalue weighted by molar-refractivity contribution is -0.124. The van der Waals surface area contributed by atoms with Crippen LogP contribution in [-0.2, 0) is 4.79 Å². The molecule has 1 saturated heterocycles. The van der Waals surface area contributed by atoms with Gasteiger partial charge in [-0.1, -0.05) is 25.3 Å². The van der Waals surface area contributed by atoms with Crippen molar-refractivity contribution in [2.24, 2.45) is 4.99 Å². The van der Waals surface area contributed by atoms with E-state index in [2.05, 4.69) is 0 Å². The number of fused-ring (bicyclic) bond motifs is 1. The summed E-state index contributed by atoms with van der Waals surface area (Å²) in [6, 6.07) is 13.6. The van der Waals surface area contributed by atoms with Crippen LogP contribution in [0.5, 0.6) is 17.2 Å². The van der Waals surface area contributed by atoms with Gasteiger partial charge in [0.1, 0.15) is 5.75 Å². The third-order valence-electron chi connectivity index (χ3n) is 5.84. The van der Waals surface area contributed by atoms with Crippen LogP contribution in [0.3, 0.4) is 0 Å². The highest BCUT2D eigenvalue weighted by Gasteiger charge is 2.38. The monoisotopic (exact) mass is 450 g/mol. The largest absolute Gasteiger partial charge is 0.494 e. The number of nitrogens with zero attached hydrogens (tertiary/aromatic N) is 2. The Balaban J connectivity index is 1.46. The molecule has 2 fully saturated rings. The highest BCUT2D eigenvalue weighted by Crippen LogP contribution is 2.40. The molecule has 2 aliphatic heterocycles. The lowest BCUT2D eigenvalue weighted by atomic mass is 9.94. The summed E-state index contributed by atoms with van der Waals surface area (Å²) >= 11 is 1.44. The number of amidine groups is 1. The van der Waals surface area contributed by atoms with Crippen molar-refractivity contribution in [3.8, 4) is 17.2 Å². The summed E-state index contributed by atoms with van der Waals surface area (Å²) in [5.41, 5.74) is 1.73. The summed E-state index contributed by atoms with van der Waals surface area (Å²) in [7, 11) is 0. The summed E-state index contributed by atoms with van der Waals surface area (Å²) in [6.45, 7) is 2.82. The topological polar surface area (TPSA) is 60.4 Å². The lowest BCUT2D eigenvalue weighted by Crippen LogP contribution is -2.40. The first-order valence-corrected chi connectivity index (χ1v) is 12.0. The molecular weight excluding hydrogens is 424 g/mol. The Bertz CT molecular complexity index is 1060. The minimum atomic E-state index is 0.0317. The summed E-state index contributed by atoms with van der Waals surface area (Å²) in [5, 5.41) is 0.748. The van der Waals surface area contributed by atoms with Crippen LogP contribution in [-0.4, -0.2) is 35.4 Å². The number of hydrogen-bond acceptors (Lipinski definition) is 6. The number of hydrogen-bond donors (Lipinski definition) is 0. The smallest absolute Gasteiger partial charge is 0.267 e. The number of carbonyl (C=O) groups excluding carboxylic acids is 1. The van der Waals surface area contributed by atoms with Crippen LogP contribution < -0.4 is 14.2 Å². The summed E-state index contributed by atoms with van der Waals surface area (Å²) < 4.78 is 16.4. The molecule has 0 unspecified atom stereocenters. The Morgan fingerprint density at radius 1 is 1.09 bits per heavy atom. The van der Waals surface area contributed by atoms with Gasteiger partial charge in [-0.3, -0.25) is 9.69 Å².